The van der Waals surface area contributed by atoms with Crippen LogP contribution in [0.2, 0.25) is 0 Å². The molecule has 0 unspecified atom stereocenters. The zero-order chi connectivity index (χ0) is 16.7. The van der Waals surface area contributed by atoms with Crippen LogP contribution in [0.4, 0.5) is 0 Å². The molecule has 4 heteroatoms. The Morgan fingerprint density at radius 3 is 2.65 bits per heavy atom. The fraction of sp³-hybridized carbons (Fsp3) is 0.684. The highest BCUT2D eigenvalue weighted by molar-refractivity contribution is 5.21. The molecule has 1 fully saturated rings. The summed E-state index contributed by atoms with van der Waals surface area (Å²) in [4.78, 5) is 2.29. The molecule has 1 saturated heterocycles. The van der Waals surface area contributed by atoms with Gasteiger partial charge in [-0.15, -0.1) is 0 Å². The van der Waals surface area contributed by atoms with Gasteiger partial charge in [0, 0.05) is 26.2 Å². The van der Waals surface area contributed by atoms with Crippen molar-refractivity contribution in [2.24, 2.45) is 0 Å². The molecule has 0 radical (unpaired) electrons. The molecule has 2 atom stereocenters. The maximum atomic E-state index is 10.3. The number of aryl methyl sites for hydroxylation is 1. The van der Waals surface area contributed by atoms with Gasteiger partial charge in [0.2, 0.25) is 0 Å². The molecule has 0 bridgehead atoms. The lowest BCUT2D eigenvalue weighted by molar-refractivity contribution is -0.0172. The summed E-state index contributed by atoms with van der Waals surface area (Å²) in [5.74, 6) is 0. The minimum atomic E-state index is -0.468. The Balaban J connectivity index is 1.91. The highest BCUT2D eigenvalue weighted by Crippen LogP contribution is 2.16. The molecule has 130 valence electrons. The standard InChI is InChI=1S/C19H31NO3/c1-15(2)23-14-18(21)12-20(13-19-5-4-10-22-19)11-17-8-6-16(3)7-9-17/h6-9,15,18-19,21H,4-5,10-14H2,1-3H3/t18-,19-/m1/s1. The van der Waals surface area contributed by atoms with Crippen molar-refractivity contribution in [3.05, 3.63) is 35.4 Å². The fourth-order valence-electron chi connectivity index (χ4n) is 2.89. The van der Waals surface area contributed by atoms with E-state index >= 15 is 0 Å². The second kappa shape index (κ2) is 9.38. The molecule has 0 aliphatic carbocycles. The van der Waals surface area contributed by atoms with Gasteiger partial charge in [0.25, 0.3) is 0 Å². The van der Waals surface area contributed by atoms with E-state index in [9.17, 15) is 5.11 Å². The Bertz CT molecular complexity index is 440. The van der Waals surface area contributed by atoms with Crippen molar-refractivity contribution < 1.29 is 14.6 Å². The average Bonchev–Trinajstić information content (AvgIpc) is 3.00. The summed E-state index contributed by atoms with van der Waals surface area (Å²) in [6.07, 6.45) is 2.22. The molecule has 0 aromatic heterocycles. The number of nitrogens with zero attached hydrogens (tertiary/aromatic N) is 1. The van der Waals surface area contributed by atoms with Crippen molar-refractivity contribution in [3.8, 4) is 0 Å². The number of benzene rings is 1. The summed E-state index contributed by atoms with van der Waals surface area (Å²) >= 11 is 0. The molecule has 4 nitrogen and oxygen atoms in total. The summed E-state index contributed by atoms with van der Waals surface area (Å²) in [5, 5.41) is 10.3. The van der Waals surface area contributed by atoms with Gasteiger partial charge in [-0.3, -0.25) is 4.90 Å². The second-order valence-electron chi connectivity index (χ2n) is 6.85. The van der Waals surface area contributed by atoms with Gasteiger partial charge in [-0.05, 0) is 39.2 Å². The fourth-order valence-corrected chi connectivity index (χ4v) is 2.89. The third kappa shape index (κ3) is 7.00. The molecule has 1 aromatic rings. The van der Waals surface area contributed by atoms with E-state index in [4.69, 9.17) is 9.47 Å². The van der Waals surface area contributed by atoms with Gasteiger partial charge in [0.15, 0.2) is 0 Å². The summed E-state index contributed by atoms with van der Waals surface area (Å²) < 4.78 is 11.3. The topological polar surface area (TPSA) is 41.9 Å². The Morgan fingerprint density at radius 2 is 2.04 bits per heavy atom. The predicted molar refractivity (Wildman–Crippen MR) is 92.5 cm³/mol. The van der Waals surface area contributed by atoms with Crippen LogP contribution in [-0.2, 0) is 16.0 Å². The second-order valence-corrected chi connectivity index (χ2v) is 6.85. The van der Waals surface area contributed by atoms with Crippen LogP contribution in [-0.4, -0.2) is 54.6 Å². The van der Waals surface area contributed by atoms with E-state index in [0.717, 1.165) is 32.5 Å². The third-order valence-electron chi connectivity index (χ3n) is 4.10. The molecule has 1 aliphatic rings. The Labute approximate surface area is 140 Å². The van der Waals surface area contributed by atoms with Crippen molar-refractivity contribution in [3.63, 3.8) is 0 Å². The lowest BCUT2D eigenvalue weighted by Gasteiger charge is -2.27. The van der Waals surface area contributed by atoms with Crippen molar-refractivity contribution >= 4 is 0 Å². The van der Waals surface area contributed by atoms with E-state index in [1.165, 1.54) is 11.1 Å². The summed E-state index contributed by atoms with van der Waals surface area (Å²) in [5.41, 5.74) is 2.54. The maximum Gasteiger partial charge on any atom is 0.0900 e. The van der Waals surface area contributed by atoms with Gasteiger partial charge in [-0.2, -0.15) is 0 Å². The molecule has 1 heterocycles. The smallest absolute Gasteiger partial charge is 0.0900 e. The van der Waals surface area contributed by atoms with E-state index in [0.29, 0.717) is 19.3 Å². The highest BCUT2D eigenvalue weighted by atomic mass is 16.5. The molecule has 2 rings (SSSR count). The molecule has 0 spiro atoms. The first-order valence-corrected chi connectivity index (χ1v) is 8.72. The van der Waals surface area contributed by atoms with E-state index in [-0.39, 0.29) is 6.10 Å². The number of rotatable bonds is 9. The lowest BCUT2D eigenvalue weighted by atomic mass is 10.1. The van der Waals surface area contributed by atoms with E-state index in [1.807, 2.05) is 13.8 Å². The summed E-state index contributed by atoms with van der Waals surface area (Å²) in [7, 11) is 0. The van der Waals surface area contributed by atoms with Gasteiger partial charge < -0.3 is 14.6 Å². The van der Waals surface area contributed by atoms with E-state index < -0.39 is 6.10 Å². The van der Waals surface area contributed by atoms with Gasteiger partial charge in [0.05, 0.1) is 24.9 Å². The molecular formula is C19H31NO3. The van der Waals surface area contributed by atoms with Gasteiger partial charge in [-0.25, -0.2) is 0 Å². The number of ether oxygens (including phenoxy) is 2. The Morgan fingerprint density at radius 1 is 1.30 bits per heavy atom. The number of hydrogen-bond acceptors (Lipinski definition) is 4. The molecule has 23 heavy (non-hydrogen) atoms. The zero-order valence-electron chi connectivity index (χ0n) is 14.7. The summed E-state index contributed by atoms with van der Waals surface area (Å²) in [6, 6.07) is 8.60. The van der Waals surface area contributed by atoms with Gasteiger partial charge >= 0.3 is 0 Å². The lowest BCUT2D eigenvalue weighted by Crippen LogP contribution is -2.39. The van der Waals surface area contributed by atoms with Gasteiger partial charge in [-0.1, -0.05) is 29.8 Å². The number of aliphatic hydroxyl groups excluding tert-OH is 1. The average molecular weight is 321 g/mol. The van der Waals surface area contributed by atoms with Crippen LogP contribution in [0.3, 0.4) is 0 Å². The van der Waals surface area contributed by atoms with E-state index in [2.05, 4.69) is 36.1 Å². The highest BCUT2D eigenvalue weighted by Gasteiger charge is 2.21. The van der Waals surface area contributed by atoms with Crippen LogP contribution in [0.1, 0.15) is 37.8 Å². The number of hydrogen-bond donors (Lipinski definition) is 1. The first-order valence-electron chi connectivity index (χ1n) is 8.72. The number of aliphatic hydroxyl groups is 1. The third-order valence-corrected chi connectivity index (χ3v) is 4.10. The first kappa shape index (κ1) is 18.4. The Hall–Kier alpha value is -0.940. The Kier molecular flexibility index (Phi) is 7.50. The van der Waals surface area contributed by atoms with Crippen LogP contribution in [0, 0.1) is 6.92 Å². The normalized spacial score (nSPS) is 19.7. The SMILES string of the molecule is Cc1ccc(CN(C[C@@H](O)COC(C)C)C[C@H]2CCCO2)cc1. The quantitative estimate of drug-likeness (QED) is 0.759. The molecular weight excluding hydrogens is 290 g/mol. The van der Waals surface area contributed by atoms with Crippen LogP contribution < -0.4 is 0 Å². The van der Waals surface area contributed by atoms with Gasteiger partial charge in [0.1, 0.15) is 0 Å². The largest absolute Gasteiger partial charge is 0.389 e. The molecule has 1 aromatic carbocycles. The van der Waals surface area contributed by atoms with Crippen LogP contribution >= 0.6 is 0 Å². The monoisotopic (exact) mass is 321 g/mol. The minimum Gasteiger partial charge on any atom is -0.389 e. The molecule has 1 aliphatic heterocycles. The molecule has 0 saturated carbocycles. The van der Waals surface area contributed by atoms with Crippen molar-refractivity contribution in [1.29, 1.82) is 0 Å². The van der Waals surface area contributed by atoms with Crippen molar-refractivity contribution in [2.75, 3.05) is 26.3 Å². The van der Waals surface area contributed by atoms with Crippen molar-refractivity contribution in [1.82, 2.24) is 4.90 Å². The summed E-state index contributed by atoms with van der Waals surface area (Å²) in [6.45, 7) is 9.63. The zero-order valence-corrected chi connectivity index (χ0v) is 14.7. The van der Waals surface area contributed by atoms with Crippen molar-refractivity contribution in [2.45, 2.75) is 58.5 Å². The maximum absolute atomic E-state index is 10.3. The minimum absolute atomic E-state index is 0.147. The van der Waals surface area contributed by atoms with E-state index in [1.54, 1.807) is 0 Å². The molecule has 1 N–H and O–H groups in total. The van der Waals surface area contributed by atoms with Crippen LogP contribution in [0.5, 0.6) is 0 Å². The predicted octanol–water partition coefficient (Wildman–Crippen LogP) is 2.76. The van der Waals surface area contributed by atoms with Crippen LogP contribution in [0.25, 0.3) is 0 Å². The first-order chi connectivity index (χ1) is 11.0. The van der Waals surface area contributed by atoms with Crippen LogP contribution in [0.15, 0.2) is 24.3 Å². The molecule has 0 amide bonds.